The Balaban J connectivity index is 0.00000256. The summed E-state index contributed by atoms with van der Waals surface area (Å²) in [4.78, 5) is 11.8. The molecule has 1 aliphatic rings. The summed E-state index contributed by atoms with van der Waals surface area (Å²) in [5, 5.41) is 6.23. The maximum Gasteiger partial charge on any atom is 0.224 e. The van der Waals surface area contributed by atoms with Gasteiger partial charge in [0.15, 0.2) is 0 Å². The number of ether oxygens (including phenoxy) is 1. The van der Waals surface area contributed by atoms with Crippen LogP contribution in [0.25, 0.3) is 0 Å². The third-order valence-electron chi connectivity index (χ3n) is 3.19. The summed E-state index contributed by atoms with van der Waals surface area (Å²) in [6.07, 6.45) is 2.20. The van der Waals surface area contributed by atoms with Crippen LogP contribution in [-0.2, 0) is 9.53 Å². The Labute approximate surface area is 110 Å². The van der Waals surface area contributed by atoms with Gasteiger partial charge in [0.2, 0.25) is 5.91 Å². The molecule has 2 atom stereocenters. The minimum Gasteiger partial charge on any atom is -0.379 e. The minimum absolute atomic E-state index is 0. The van der Waals surface area contributed by atoms with Gasteiger partial charge in [-0.15, -0.1) is 12.4 Å². The van der Waals surface area contributed by atoms with Gasteiger partial charge in [-0.25, -0.2) is 0 Å². The molecule has 1 amide bonds. The molecule has 102 valence electrons. The third-order valence-corrected chi connectivity index (χ3v) is 3.19. The SMILES string of the molecule is COC(CNC(=O)C1CCCNC1)C(C)C.Cl. The Morgan fingerprint density at radius 2 is 2.24 bits per heavy atom. The molecule has 1 heterocycles. The van der Waals surface area contributed by atoms with Crippen molar-refractivity contribution in [1.29, 1.82) is 0 Å². The van der Waals surface area contributed by atoms with Crippen LogP contribution in [0.15, 0.2) is 0 Å². The van der Waals surface area contributed by atoms with E-state index in [0.29, 0.717) is 12.5 Å². The van der Waals surface area contributed by atoms with Crippen LogP contribution in [0.3, 0.4) is 0 Å². The zero-order valence-electron chi connectivity index (χ0n) is 11.0. The molecule has 0 aromatic rings. The van der Waals surface area contributed by atoms with Gasteiger partial charge in [0.25, 0.3) is 0 Å². The van der Waals surface area contributed by atoms with E-state index < -0.39 is 0 Å². The van der Waals surface area contributed by atoms with Crippen LogP contribution < -0.4 is 10.6 Å². The van der Waals surface area contributed by atoms with Gasteiger partial charge < -0.3 is 15.4 Å². The molecule has 0 radical (unpaired) electrons. The Hall–Kier alpha value is -0.320. The van der Waals surface area contributed by atoms with Crippen LogP contribution in [0.4, 0.5) is 0 Å². The highest BCUT2D eigenvalue weighted by Gasteiger charge is 2.22. The van der Waals surface area contributed by atoms with Gasteiger partial charge in [-0.3, -0.25) is 4.79 Å². The quantitative estimate of drug-likeness (QED) is 0.785. The van der Waals surface area contributed by atoms with Crippen LogP contribution in [0, 0.1) is 11.8 Å². The average Bonchev–Trinajstić information content (AvgIpc) is 2.30. The molecular formula is C12H25ClN2O2. The van der Waals surface area contributed by atoms with Crippen molar-refractivity contribution in [2.45, 2.75) is 32.8 Å². The second kappa shape index (κ2) is 8.72. The maximum absolute atomic E-state index is 11.8. The van der Waals surface area contributed by atoms with Crippen molar-refractivity contribution in [2.75, 3.05) is 26.7 Å². The average molecular weight is 265 g/mol. The van der Waals surface area contributed by atoms with Crippen molar-refractivity contribution in [3.63, 3.8) is 0 Å². The summed E-state index contributed by atoms with van der Waals surface area (Å²) in [5.41, 5.74) is 0. The molecule has 0 aromatic heterocycles. The number of nitrogens with one attached hydrogen (secondary N) is 2. The highest BCUT2D eigenvalue weighted by molar-refractivity contribution is 5.85. The lowest BCUT2D eigenvalue weighted by atomic mass is 9.98. The summed E-state index contributed by atoms with van der Waals surface area (Å²) < 4.78 is 5.32. The largest absolute Gasteiger partial charge is 0.379 e. The van der Waals surface area contributed by atoms with Gasteiger partial charge in [-0.1, -0.05) is 13.8 Å². The second-order valence-corrected chi connectivity index (χ2v) is 4.81. The first-order chi connectivity index (χ1) is 7.65. The van der Waals surface area contributed by atoms with Crippen LogP contribution in [0.1, 0.15) is 26.7 Å². The first-order valence-electron chi connectivity index (χ1n) is 6.16. The minimum atomic E-state index is 0. The summed E-state index contributed by atoms with van der Waals surface area (Å²) >= 11 is 0. The first-order valence-corrected chi connectivity index (χ1v) is 6.16. The number of halogens is 1. The number of hydrogen-bond donors (Lipinski definition) is 2. The van der Waals surface area contributed by atoms with Crippen LogP contribution in [-0.4, -0.2) is 38.8 Å². The van der Waals surface area contributed by atoms with E-state index in [4.69, 9.17) is 4.74 Å². The number of methoxy groups -OCH3 is 1. The van der Waals surface area contributed by atoms with Gasteiger partial charge in [-0.2, -0.15) is 0 Å². The summed E-state index contributed by atoms with van der Waals surface area (Å²) in [6.45, 7) is 6.66. The number of hydrogen-bond acceptors (Lipinski definition) is 3. The highest BCUT2D eigenvalue weighted by Crippen LogP contribution is 2.10. The van der Waals surface area contributed by atoms with E-state index in [1.54, 1.807) is 7.11 Å². The predicted molar refractivity (Wildman–Crippen MR) is 71.5 cm³/mol. The van der Waals surface area contributed by atoms with Crippen molar-refractivity contribution >= 4 is 18.3 Å². The van der Waals surface area contributed by atoms with Crippen molar-refractivity contribution in [1.82, 2.24) is 10.6 Å². The third kappa shape index (κ3) is 5.70. The Morgan fingerprint density at radius 1 is 1.53 bits per heavy atom. The number of carbonyl (C=O) groups excluding carboxylic acids is 1. The summed E-state index contributed by atoms with van der Waals surface area (Å²) in [7, 11) is 1.69. The van der Waals surface area contributed by atoms with E-state index in [0.717, 1.165) is 25.9 Å². The molecule has 1 aliphatic heterocycles. The molecule has 2 unspecified atom stereocenters. The molecule has 0 spiro atoms. The van der Waals surface area contributed by atoms with E-state index >= 15 is 0 Å². The summed E-state index contributed by atoms with van der Waals surface area (Å²) in [6, 6.07) is 0. The Bertz CT molecular complexity index is 219. The molecule has 0 aromatic carbocycles. The van der Waals surface area contributed by atoms with Gasteiger partial charge in [0, 0.05) is 20.2 Å². The molecular weight excluding hydrogens is 240 g/mol. The zero-order valence-corrected chi connectivity index (χ0v) is 11.8. The van der Waals surface area contributed by atoms with E-state index in [9.17, 15) is 4.79 Å². The fourth-order valence-corrected chi connectivity index (χ4v) is 2.01. The van der Waals surface area contributed by atoms with Crippen LogP contribution in [0.2, 0.25) is 0 Å². The van der Waals surface area contributed by atoms with Crippen molar-refractivity contribution in [2.24, 2.45) is 11.8 Å². The molecule has 1 rings (SSSR count). The number of amides is 1. The zero-order chi connectivity index (χ0) is 12.0. The lowest BCUT2D eigenvalue weighted by Crippen LogP contribution is -2.43. The van der Waals surface area contributed by atoms with Crippen molar-refractivity contribution in [3.05, 3.63) is 0 Å². The normalized spacial score (nSPS) is 21.8. The van der Waals surface area contributed by atoms with Gasteiger partial charge >= 0.3 is 0 Å². The molecule has 1 saturated heterocycles. The van der Waals surface area contributed by atoms with Gasteiger partial charge in [0.05, 0.1) is 12.0 Å². The molecule has 17 heavy (non-hydrogen) atoms. The number of rotatable bonds is 5. The van der Waals surface area contributed by atoms with E-state index in [-0.39, 0.29) is 30.3 Å². The molecule has 0 saturated carbocycles. The predicted octanol–water partition coefficient (Wildman–Crippen LogP) is 1.19. The smallest absolute Gasteiger partial charge is 0.224 e. The lowest BCUT2D eigenvalue weighted by molar-refractivity contribution is -0.126. The maximum atomic E-state index is 11.8. The lowest BCUT2D eigenvalue weighted by Gasteiger charge is -2.24. The molecule has 5 heteroatoms. The highest BCUT2D eigenvalue weighted by atomic mass is 35.5. The fraction of sp³-hybridized carbons (Fsp3) is 0.917. The number of piperidine rings is 1. The Kier molecular flexibility index (Phi) is 8.56. The van der Waals surface area contributed by atoms with E-state index in [2.05, 4.69) is 24.5 Å². The standard InChI is InChI=1S/C12H24N2O2.ClH/c1-9(2)11(16-3)8-14-12(15)10-5-4-6-13-7-10;/h9-11,13H,4-8H2,1-3H3,(H,14,15);1H. The van der Waals surface area contributed by atoms with Gasteiger partial charge in [0.1, 0.15) is 0 Å². The second-order valence-electron chi connectivity index (χ2n) is 4.81. The monoisotopic (exact) mass is 264 g/mol. The molecule has 2 N–H and O–H groups in total. The van der Waals surface area contributed by atoms with Crippen LogP contribution in [0.5, 0.6) is 0 Å². The Morgan fingerprint density at radius 3 is 2.71 bits per heavy atom. The number of carbonyl (C=O) groups is 1. The van der Waals surface area contributed by atoms with Crippen LogP contribution >= 0.6 is 12.4 Å². The topological polar surface area (TPSA) is 50.4 Å². The van der Waals surface area contributed by atoms with Gasteiger partial charge in [-0.05, 0) is 25.3 Å². The molecule has 0 aliphatic carbocycles. The van der Waals surface area contributed by atoms with Crippen molar-refractivity contribution in [3.8, 4) is 0 Å². The fourth-order valence-electron chi connectivity index (χ4n) is 2.01. The summed E-state index contributed by atoms with van der Waals surface area (Å²) in [5.74, 6) is 0.725. The molecule has 1 fully saturated rings. The molecule has 4 nitrogen and oxygen atoms in total. The van der Waals surface area contributed by atoms with E-state index in [1.165, 1.54) is 0 Å². The van der Waals surface area contributed by atoms with Crippen molar-refractivity contribution < 1.29 is 9.53 Å². The molecule has 0 bridgehead atoms. The first kappa shape index (κ1) is 16.7. The van der Waals surface area contributed by atoms with E-state index in [1.807, 2.05) is 0 Å².